The summed E-state index contributed by atoms with van der Waals surface area (Å²) < 4.78 is 10.5. The van der Waals surface area contributed by atoms with Crippen LogP contribution in [-0.2, 0) is 0 Å². The van der Waals surface area contributed by atoms with E-state index in [1.165, 1.54) is 6.42 Å². The Labute approximate surface area is 120 Å². The molecule has 5 nitrogen and oxygen atoms in total. The Hall–Kier alpha value is -1.62. The van der Waals surface area contributed by atoms with Crippen LogP contribution < -0.4 is 20.5 Å². The molecule has 0 saturated heterocycles. The molecule has 1 aromatic rings. The maximum Gasteiger partial charge on any atom is 0.162 e. The number of nitrogen functional groups attached to an aromatic ring is 1. The molecule has 112 valence electrons. The number of hydrogen-bond donors (Lipinski definition) is 3. The minimum Gasteiger partial charge on any atom is -0.493 e. The van der Waals surface area contributed by atoms with Gasteiger partial charge in [0, 0.05) is 12.1 Å². The van der Waals surface area contributed by atoms with E-state index in [0.29, 0.717) is 17.2 Å². The second-order valence-electron chi connectivity index (χ2n) is 5.42. The number of nitrogens with one attached hydrogen (secondary N) is 1. The SMILES string of the molecule is COc1cc(N)c(NC2(CO)CCCCC2)cc1OC. The summed E-state index contributed by atoms with van der Waals surface area (Å²) in [5.41, 5.74) is 7.19. The Morgan fingerprint density at radius 3 is 2.30 bits per heavy atom. The van der Waals surface area contributed by atoms with Crippen LogP contribution >= 0.6 is 0 Å². The van der Waals surface area contributed by atoms with Crippen molar-refractivity contribution in [1.82, 2.24) is 0 Å². The monoisotopic (exact) mass is 280 g/mol. The Balaban J connectivity index is 2.27. The molecule has 0 aliphatic heterocycles. The highest BCUT2D eigenvalue weighted by Crippen LogP contribution is 2.38. The Morgan fingerprint density at radius 2 is 1.75 bits per heavy atom. The van der Waals surface area contributed by atoms with Gasteiger partial charge in [-0.15, -0.1) is 0 Å². The van der Waals surface area contributed by atoms with E-state index < -0.39 is 0 Å². The van der Waals surface area contributed by atoms with Gasteiger partial charge in [0.2, 0.25) is 0 Å². The van der Waals surface area contributed by atoms with Gasteiger partial charge in [0.05, 0.1) is 37.7 Å². The first-order valence-electron chi connectivity index (χ1n) is 7.05. The lowest BCUT2D eigenvalue weighted by atomic mass is 9.82. The molecule has 0 atom stereocenters. The fourth-order valence-electron chi connectivity index (χ4n) is 2.84. The third-order valence-electron chi connectivity index (χ3n) is 4.07. The minimum atomic E-state index is -0.272. The van der Waals surface area contributed by atoms with E-state index >= 15 is 0 Å². The fraction of sp³-hybridized carbons (Fsp3) is 0.600. The van der Waals surface area contributed by atoms with E-state index in [-0.39, 0.29) is 12.1 Å². The highest BCUT2D eigenvalue weighted by atomic mass is 16.5. The number of anilines is 2. The van der Waals surface area contributed by atoms with Gasteiger partial charge >= 0.3 is 0 Å². The van der Waals surface area contributed by atoms with Gasteiger partial charge in [-0.3, -0.25) is 0 Å². The number of aliphatic hydroxyl groups excluding tert-OH is 1. The molecular formula is C15H24N2O3. The summed E-state index contributed by atoms with van der Waals surface area (Å²) in [4.78, 5) is 0. The van der Waals surface area contributed by atoms with Gasteiger partial charge in [0.15, 0.2) is 11.5 Å². The summed E-state index contributed by atoms with van der Waals surface area (Å²) in [5, 5.41) is 13.2. The molecule has 1 fully saturated rings. The molecule has 1 aliphatic rings. The second kappa shape index (κ2) is 6.22. The molecule has 0 heterocycles. The van der Waals surface area contributed by atoms with E-state index in [0.717, 1.165) is 31.4 Å². The molecule has 0 unspecified atom stereocenters. The van der Waals surface area contributed by atoms with Crippen molar-refractivity contribution in [3.05, 3.63) is 12.1 Å². The zero-order valence-electron chi connectivity index (χ0n) is 12.2. The predicted molar refractivity (Wildman–Crippen MR) is 80.5 cm³/mol. The van der Waals surface area contributed by atoms with Crippen LogP contribution in [0.1, 0.15) is 32.1 Å². The number of rotatable bonds is 5. The summed E-state index contributed by atoms with van der Waals surface area (Å²) in [5.74, 6) is 1.24. The van der Waals surface area contributed by atoms with Gasteiger partial charge in [-0.05, 0) is 12.8 Å². The van der Waals surface area contributed by atoms with Crippen LogP contribution in [0.2, 0.25) is 0 Å². The molecule has 1 aliphatic carbocycles. The van der Waals surface area contributed by atoms with Crippen molar-refractivity contribution in [3.8, 4) is 11.5 Å². The van der Waals surface area contributed by atoms with Crippen LogP contribution in [-0.4, -0.2) is 31.5 Å². The van der Waals surface area contributed by atoms with Crippen LogP contribution in [0.4, 0.5) is 11.4 Å². The maximum absolute atomic E-state index is 9.76. The second-order valence-corrected chi connectivity index (χ2v) is 5.42. The van der Waals surface area contributed by atoms with Crippen LogP contribution in [0.5, 0.6) is 11.5 Å². The van der Waals surface area contributed by atoms with Crippen molar-refractivity contribution in [2.24, 2.45) is 0 Å². The molecular weight excluding hydrogens is 256 g/mol. The number of ether oxygens (including phenoxy) is 2. The van der Waals surface area contributed by atoms with Crippen molar-refractivity contribution in [2.75, 3.05) is 31.9 Å². The lowest BCUT2D eigenvalue weighted by Gasteiger charge is -2.37. The summed E-state index contributed by atoms with van der Waals surface area (Å²) in [6, 6.07) is 3.58. The van der Waals surface area contributed by atoms with Crippen LogP contribution in [0.15, 0.2) is 12.1 Å². The first-order valence-corrected chi connectivity index (χ1v) is 7.05. The molecule has 0 bridgehead atoms. The number of benzene rings is 1. The lowest BCUT2D eigenvalue weighted by molar-refractivity contribution is 0.173. The number of nitrogens with two attached hydrogens (primary N) is 1. The third kappa shape index (κ3) is 2.93. The average molecular weight is 280 g/mol. The maximum atomic E-state index is 9.76. The third-order valence-corrected chi connectivity index (χ3v) is 4.07. The summed E-state index contributed by atoms with van der Waals surface area (Å²) in [6.45, 7) is 0.112. The van der Waals surface area contributed by atoms with E-state index in [2.05, 4.69) is 5.32 Å². The minimum absolute atomic E-state index is 0.112. The molecule has 1 aromatic carbocycles. The number of aliphatic hydroxyl groups is 1. The molecule has 2 rings (SSSR count). The number of methoxy groups -OCH3 is 2. The van der Waals surface area contributed by atoms with Crippen molar-refractivity contribution < 1.29 is 14.6 Å². The highest BCUT2D eigenvalue weighted by Gasteiger charge is 2.31. The van der Waals surface area contributed by atoms with Crippen molar-refractivity contribution in [2.45, 2.75) is 37.6 Å². The van der Waals surface area contributed by atoms with E-state index in [4.69, 9.17) is 15.2 Å². The topological polar surface area (TPSA) is 76.7 Å². The smallest absolute Gasteiger partial charge is 0.162 e. The van der Waals surface area contributed by atoms with Gasteiger partial charge in [0.25, 0.3) is 0 Å². The van der Waals surface area contributed by atoms with E-state index in [1.807, 2.05) is 6.07 Å². The highest BCUT2D eigenvalue weighted by molar-refractivity contribution is 5.72. The predicted octanol–water partition coefficient (Wildman–Crippen LogP) is 2.39. The van der Waals surface area contributed by atoms with Gasteiger partial charge in [-0.25, -0.2) is 0 Å². The Kier molecular flexibility index (Phi) is 4.60. The molecule has 0 spiro atoms. The van der Waals surface area contributed by atoms with Crippen molar-refractivity contribution in [1.29, 1.82) is 0 Å². The summed E-state index contributed by atoms with van der Waals surface area (Å²) >= 11 is 0. The summed E-state index contributed by atoms with van der Waals surface area (Å²) in [7, 11) is 3.18. The lowest BCUT2D eigenvalue weighted by Crippen LogP contribution is -2.44. The Bertz CT molecular complexity index is 457. The van der Waals surface area contributed by atoms with Crippen LogP contribution in [0, 0.1) is 0 Å². The van der Waals surface area contributed by atoms with Gasteiger partial charge < -0.3 is 25.6 Å². The molecule has 1 saturated carbocycles. The van der Waals surface area contributed by atoms with Gasteiger partial charge in [-0.1, -0.05) is 19.3 Å². The Morgan fingerprint density at radius 1 is 1.15 bits per heavy atom. The molecule has 0 aromatic heterocycles. The standard InChI is InChI=1S/C15H24N2O3/c1-19-13-8-11(16)12(9-14(13)20-2)17-15(10-18)6-4-3-5-7-15/h8-9,17-18H,3-7,10,16H2,1-2H3. The van der Waals surface area contributed by atoms with E-state index in [9.17, 15) is 5.11 Å². The molecule has 0 amide bonds. The van der Waals surface area contributed by atoms with Gasteiger partial charge in [-0.2, -0.15) is 0 Å². The molecule has 20 heavy (non-hydrogen) atoms. The first-order chi connectivity index (χ1) is 9.64. The zero-order valence-corrected chi connectivity index (χ0v) is 12.2. The van der Waals surface area contributed by atoms with Gasteiger partial charge in [0.1, 0.15) is 0 Å². The largest absolute Gasteiger partial charge is 0.493 e. The first kappa shape index (κ1) is 14.8. The van der Waals surface area contributed by atoms with Crippen LogP contribution in [0.3, 0.4) is 0 Å². The molecule has 4 N–H and O–H groups in total. The quantitative estimate of drug-likeness (QED) is 0.722. The van der Waals surface area contributed by atoms with E-state index in [1.54, 1.807) is 20.3 Å². The zero-order chi connectivity index (χ0) is 14.6. The molecule has 5 heteroatoms. The van der Waals surface area contributed by atoms with Crippen molar-refractivity contribution >= 4 is 11.4 Å². The summed E-state index contributed by atoms with van der Waals surface area (Å²) in [6.07, 6.45) is 5.39. The van der Waals surface area contributed by atoms with Crippen molar-refractivity contribution in [3.63, 3.8) is 0 Å². The average Bonchev–Trinajstić information content (AvgIpc) is 2.49. The fourth-order valence-corrected chi connectivity index (χ4v) is 2.84. The van der Waals surface area contributed by atoms with Crippen LogP contribution in [0.25, 0.3) is 0 Å². The molecule has 0 radical (unpaired) electrons. The normalized spacial score (nSPS) is 17.6. The number of hydrogen-bond acceptors (Lipinski definition) is 5.